The summed E-state index contributed by atoms with van der Waals surface area (Å²) in [4.78, 5) is 19.1. The molecule has 1 aliphatic heterocycles. The van der Waals surface area contributed by atoms with Gasteiger partial charge in [0, 0.05) is 30.9 Å². The Morgan fingerprint density at radius 3 is 2.79 bits per heavy atom. The number of carbonyl (C=O) groups is 1. The van der Waals surface area contributed by atoms with E-state index in [-0.39, 0.29) is 0 Å². The standard InChI is InChI=1S/C24H30N4O4S/c1-16-13-18-5-4-6-20(18)23(26-24(29)27-33(3,30)31)22(16)19-7-10-25-21(14-19)32-15-17-8-11-28(2)12-9-17/h7-8,10,13-14H,4-6,9,11-12,15H2,1-3H3,(H2,26,27,29). The van der Waals surface area contributed by atoms with Crippen molar-refractivity contribution >= 4 is 21.7 Å². The molecule has 8 nitrogen and oxygen atoms in total. The van der Waals surface area contributed by atoms with Crippen LogP contribution in [0.2, 0.25) is 0 Å². The fourth-order valence-corrected chi connectivity index (χ4v) is 4.85. The van der Waals surface area contributed by atoms with Crippen LogP contribution in [0.4, 0.5) is 10.5 Å². The Kier molecular flexibility index (Phi) is 6.71. The van der Waals surface area contributed by atoms with Crippen LogP contribution >= 0.6 is 0 Å². The number of nitrogens with zero attached hydrogens (tertiary/aromatic N) is 2. The molecule has 1 aromatic heterocycles. The molecule has 2 aromatic rings. The highest BCUT2D eigenvalue weighted by molar-refractivity contribution is 7.89. The summed E-state index contributed by atoms with van der Waals surface area (Å²) in [6, 6.07) is 5.14. The van der Waals surface area contributed by atoms with Crippen LogP contribution in [0.1, 0.15) is 29.5 Å². The van der Waals surface area contributed by atoms with Crippen molar-refractivity contribution in [1.82, 2.24) is 14.6 Å². The van der Waals surface area contributed by atoms with Crippen molar-refractivity contribution in [3.05, 3.63) is 52.7 Å². The highest BCUT2D eigenvalue weighted by Crippen LogP contribution is 2.40. The highest BCUT2D eigenvalue weighted by Gasteiger charge is 2.23. The molecule has 0 radical (unpaired) electrons. The summed E-state index contributed by atoms with van der Waals surface area (Å²) in [5, 5.41) is 2.81. The van der Waals surface area contributed by atoms with Crippen LogP contribution in [0.5, 0.6) is 5.88 Å². The van der Waals surface area contributed by atoms with Crippen LogP contribution in [0.25, 0.3) is 11.1 Å². The summed E-state index contributed by atoms with van der Waals surface area (Å²) in [6.07, 6.45) is 8.59. The van der Waals surface area contributed by atoms with E-state index in [1.165, 1.54) is 11.1 Å². The summed E-state index contributed by atoms with van der Waals surface area (Å²) in [5.41, 5.74) is 6.86. The smallest absolute Gasteiger partial charge is 0.332 e. The lowest BCUT2D eigenvalue weighted by molar-refractivity contribution is 0.256. The first-order valence-electron chi connectivity index (χ1n) is 11.1. The van der Waals surface area contributed by atoms with Gasteiger partial charge >= 0.3 is 6.03 Å². The number of anilines is 1. The van der Waals surface area contributed by atoms with Gasteiger partial charge in [-0.1, -0.05) is 12.1 Å². The molecule has 0 unspecified atom stereocenters. The lowest BCUT2D eigenvalue weighted by atomic mass is 9.93. The number of hydrogen-bond donors (Lipinski definition) is 2. The first-order chi connectivity index (χ1) is 15.7. The van der Waals surface area contributed by atoms with Crippen molar-refractivity contribution in [2.45, 2.75) is 32.6 Å². The van der Waals surface area contributed by atoms with E-state index in [4.69, 9.17) is 4.74 Å². The first-order valence-corrected chi connectivity index (χ1v) is 13.0. The minimum absolute atomic E-state index is 0.495. The number of hydrogen-bond acceptors (Lipinski definition) is 6. The third-order valence-corrected chi connectivity index (χ3v) is 6.61. The quantitative estimate of drug-likeness (QED) is 0.629. The predicted molar refractivity (Wildman–Crippen MR) is 129 cm³/mol. The number of urea groups is 1. The monoisotopic (exact) mass is 470 g/mol. The third kappa shape index (κ3) is 5.72. The predicted octanol–water partition coefficient (Wildman–Crippen LogP) is 3.27. The number of pyridine rings is 1. The van der Waals surface area contributed by atoms with Crippen LogP contribution < -0.4 is 14.8 Å². The van der Waals surface area contributed by atoms with Gasteiger partial charge in [-0.05, 0) is 73.5 Å². The van der Waals surface area contributed by atoms with Gasteiger partial charge < -0.3 is 15.0 Å². The summed E-state index contributed by atoms with van der Waals surface area (Å²) in [5.74, 6) is 0.513. The van der Waals surface area contributed by atoms with Gasteiger partial charge in [0.1, 0.15) is 6.61 Å². The average molecular weight is 471 g/mol. The number of sulfonamides is 1. The number of ether oxygens (including phenoxy) is 1. The zero-order valence-electron chi connectivity index (χ0n) is 19.3. The molecule has 9 heteroatoms. The molecule has 0 atom stereocenters. The minimum atomic E-state index is -3.67. The molecule has 2 heterocycles. The number of rotatable bonds is 6. The average Bonchev–Trinajstić information content (AvgIpc) is 3.20. The van der Waals surface area contributed by atoms with Gasteiger partial charge in [0.05, 0.1) is 11.9 Å². The van der Waals surface area contributed by atoms with Crippen molar-refractivity contribution in [2.24, 2.45) is 0 Å². The molecule has 0 saturated carbocycles. The Bertz CT molecular complexity index is 1210. The van der Waals surface area contributed by atoms with E-state index in [2.05, 4.69) is 34.4 Å². The Balaban J connectivity index is 1.64. The maximum Gasteiger partial charge on any atom is 0.332 e. The summed E-state index contributed by atoms with van der Waals surface area (Å²) < 4.78 is 31.1. The molecule has 0 spiro atoms. The number of aromatic nitrogens is 1. The number of aryl methyl sites for hydroxylation is 2. The zero-order valence-corrected chi connectivity index (χ0v) is 20.1. The third-order valence-electron chi connectivity index (χ3n) is 6.05. The summed E-state index contributed by atoms with van der Waals surface area (Å²) in [7, 11) is -1.58. The number of carbonyl (C=O) groups excluding carboxylic acids is 1. The number of fused-ring (bicyclic) bond motifs is 1. The van der Waals surface area contributed by atoms with Gasteiger partial charge in [-0.15, -0.1) is 0 Å². The largest absolute Gasteiger partial charge is 0.473 e. The highest BCUT2D eigenvalue weighted by atomic mass is 32.2. The maximum absolute atomic E-state index is 12.4. The second-order valence-corrected chi connectivity index (χ2v) is 10.6. The second kappa shape index (κ2) is 9.52. The fraction of sp³-hybridized carbons (Fsp3) is 0.417. The molecule has 1 aromatic carbocycles. The molecule has 176 valence electrons. The molecule has 2 N–H and O–H groups in total. The molecule has 33 heavy (non-hydrogen) atoms. The van der Waals surface area contributed by atoms with Gasteiger partial charge in [-0.2, -0.15) is 0 Å². The van der Waals surface area contributed by atoms with E-state index in [1.54, 1.807) is 6.20 Å². The molecule has 2 aliphatic rings. The van der Waals surface area contributed by atoms with Crippen molar-refractivity contribution < 1.29 is 17.9 Å². The van der Waals surface area contributed by atoms with Gasteiger partial charge in [-0.25, -0.2) is 22.9 Å². The van der Waals surface area contributed by atoms with Gasteiger partial charge in [0.2, 0.25) is 15.9 Å². The zero-order chi connectivity index (χ0) is 23.6. The Morgan fingerprint density at radius 2 is 2.06 bits per heavy atom. The molecular formula is C24H30N4O4S. The Morgan fingerprint density at radius 1 is 1.24 bits per heavy atom. The van der Waals surface area contributed by atoms with Crippen molar-refractivity contribution in [2.75, 3.05) is 38.3 Å². The van der Waals surface area contributed by atoms with E-state index >= 15 is 0 Å². The molecule has 2 amide bonds. The number of nitrogens with one attached hydrogen (secondary N) is 2. The molecular weight excluding hydrogens is 440 g/mol. The van der Waals surface area contributed by atoms with Gasteiger partial charge in [0.25, 0.3) is 0 Å². The van der Waals surface area contributed by atoms with Crippen LogP contribution in [0, 0.1) is 6.92 Å². The second-order valence-electron chi connectivity index (χ2n) is 8.81. The van der Waals surface area contributed by atoms with E-state index in [9.17, 15) is 13.2 Å². The fourth-order valence-electron chi connectivity index (χ4n) is 4.47. The minimum Gasteiger partial charge on any atom is -0.473 e. The van der Waals surface area contributed by atoms with Gasteiger partial charge in [0.15, 0.2) is 0 Å². The van der Waals surface area contributed by atoms with Crippen LogP contribution in [0.3, 0.4) is 0 Å². The molecule has 1 aliphatic carbocycles. The van der Waals surface area contributed by atoms with Gasteiger partial charge in [-0.3, -0.25) is 0 Å². The SMILES string of the molecule is Cc1cc2c(c(NC(=O)NS(C)(=O)=O)c1-c1ccnc(OCC3=CCN(C)CC3)c1)CCC2. The Labute approximate surface area is 195 Å². The molecule has 4 rings (SSSR count). The molecule has 0 saturated heterocycles. The van der Waals surface area contributed by atoms with Crippen LogP contribution in [-0.2, 0) is 22.9 Å². The van der Waals surface area contributed by atoms with E-state index in [0.717, 1.165) is 67.3 Å². The van der Waals surface area contributed by atoms with E-state index < -0.39 is 16.1 Å². The topological polar surface area (TPSA) is 101 Å². The van der Waals surface area contributed by atoms with Crippen molar-refractivity contribution in [3.63, 3.8) is 0 Å². The van der Waals surface area contributed by atoms with Crippen LogP contribution in [-0.4, -0.2) is 57.3 Å². The van der Waals surface area contributed by atoms with E-state index in [0.29, 0.717) is 18.2 Å². The number of likely N-dealkylation sites (N-methyl/N-ethyl adjacent to an activating group) is 1. The Hall–Kier alpha value is -2.91. The summed E-state index contributed by atoms with van der Waals surface area (Å²) in [6.45, 7) is 4.43. The first kappa shape index (κ1) is 23.3. The lowest BCUT2D eigenvalue weighted by Gasteiger charge is -2.22. The van der Waals surface area contributed by atoms with Crippen LogP contribution in [0.15, 0.2) is 36.0 Å². The lowest BCUT2D eigenvalue weighted by Crippen LogP contribution is -2.34. The molecule has 0 fully saturated rings. The summed E-state index contributed by atoms with van der Waals surface area (Å²) >= 11 is 0. The normalized spacial score (nSPS) is 16.2. The number of amides is 2. The number of benzene rings is 1. The van der Waals surface area contributed by atoms with Crippen molar-refractivity contribution in [3.8, 4) is 17.0 Å². The van der Waals surface area contributed by atoms with E-state index in [1.807, 2.05) is 23.8 Å². The maximum atomic E-state index is 12.4. The van der Waals surface area contributed by atoms with Crippen molar-refractivity contribution in [1.29, 1.82) is 0 Å². The molecule has 0 bridgehead atoms.